The van der Waals surface area contributed by atoms with Crippen LogP contribution in [0, 0.1) is 0 Å². The second-order valence-corrected chi connectivity index (χ2v) is 6.31. The molecule has 0 spiro atoms. The zero-order valence-electron chi connectivity index (χ0n) is 13.5. The lowest BCUT2D eigenvalue weighted by molar-refractivity contribution is -0.141. The van der Waals surface area contributed by atoms with Gasteiger partial charge in [-0.25, -0.2) is 0 Å². The van der Waals surface area contributed by atoms with Crippen LogP contribution >= 0.6 is 0 Å². The van der Waals surface area contributed by atoms with Crippen molar-refractivity contribution in [3.8, 4) is 0 Å². The summed E-state index contributed by atoms with van der Waals surface area (Å²) in [5.74, 6) is -0.0654. The highest BCUT2D eigenvalue weighted by atomic mass is 16.5. The molecule has 1 N–H and O–H groups in total. The van der Waals surface area contributed by atoms with Crippen LogP contribution in [0.4, 0.5) is 0 Å². The Morgan fingerprint density at radius 3 is 2.81 bits per heavy atom. The summed E-state index contributed by atoms with van der Waals surface area (Å²) in [6.07, 6.45) is 2.11. The van der Waals surface area contributed by atoms with E-state index in [0.717, 1.165) is 13.0 Å². The van der Waals surface area contributed by atoms with E-state index in [1.54, 1.807) is 0 Å². The molecule has 6 heteroatoms. The van der Waals surface area contributed by atoms with Gasteiger partial charge in [-0.1, -0.05) is 0 Å². The molecule has 0 aromatic heterocycles. The quantitative estimate of drug-likeness (QED) is 0.752. The van der Waals surface area contributed by atoms with Crippen LogP contribution in [0.15, 0.2) is 0 Å². The Kier molecular flexibility index (Phi) is 5.22. The number of amides is 1. The molecule has 2 aliphatic rings. The molecule has 0 aromatic carbocycles. The Bertz CT molecular complexity index is 400. The molecule has 21 heavy (non-hydrogen) atoms. The summed E-state index contributed by atoms with van der Waals surface area (Å²) in [5.41, 5.74) is 0. The minimum atomic E-state index is -0.189. The van der Waals surface area contributed by atoms with Gasteiger partial charge in [-0.2, -0.15) is 0 Å². The van der Waals surface area contributed by atoms with Gasteiger partial charge in [0, 0.05) is 37.6 Å². The van der Waals surface area contributed by atoms with Gasteiger partial charge in [0.2, 0.25) is 5.91 Å². The first-order valence-corrected chi connectivity index (χ1v) is 7.78. The Labute approximate surface area is 126 Å². The number of methoxy groups -OCH3 is 1. The maximum absolute atomic E-state index is 12.4. The number of hydrogen-bond acceptors (Lipinski definition) is 5. The summed E-state index contributed by atoms with van der Waals surface area (Å²) >= 11 is 0. The van der Waals surface area contributed by atoms with Crippen molar-refractivity contribution in [3.63, 3.8) is 0 Å². The average molecular weight is 297 g/mol. The Morgan fingerprint density at radius 2 is 2.19 bits per heavy atom. The molecule has 0 saturated carbocycles. The van der Waals surface area contributed by atoms with Gasteiger partial charge in [-0.15, -0.1) is 0 Å². The van der Waals surface area contributed by atoms with Gasteiger partial charge >= 0.3 is 5.97 Å². The van der Waals surface area contributed by atoms with Crippen molar-refractivity contribution in [1.29, 1.82) is 0 Å². The van der Waals surface area contributed by atoms with E-state index in [-0.39, 0.29) is 30.0 Å². The normalized spacial score (nSPS) is 30.9. The Morgan fingerprint density at radius 1 is 1.48 bits per heavy atom. The first kappa shape index (κ1) is 16.2. The van der Waals surface area contributed by atoms with Crippen LogP contribution in [-0.4, -0.2) is 73.1 Å². The number of likely N-dealkylation sites (N-methyl/N-ethyl adjacent to an activating group) is 1. The predicted octanol–water partition coefficient (Wildman–Crippen LogP) is 0.221. The lowest BCUT2D eigenvalue weighted by Crippen LogP contribution is -2.51. The fourth-order valence-electron chi connectivity index (χ4n) is 3.56. The van der Waals surface area contributed by atoms with Crippen molar-refractivity contribution in [2.75, 3.05) is 27.2 Å². The third-order valence-corrected chi connectivity index (χ3v) is 4.86. The highest BCUT2D eigenvalue weighted by Crippen LogP contribution is 2.28. The van der Waals surface area contributed by atoms with Crippen molar-refractivity contribution >= 4 is 11.9 Å². The second-order valence-electron chi connectivity index (χ2n) is 6.31. The number of fused-ring (bicyclic) bond motifs is 1. The van der Waals surface area contributed by atoms with Crippen molar-refractivity contribution in [2.24, 2.45) is 0 Å². The van der Waals surface area contributed by atoms with Crippen LogP contribution in [0.25, 0.3) is 0 Å². The molecular formula is C15H27N3O3. The fraction of sp³-hybridized carbons (Fsp3) is 0.867. The summed E-state index contributed by atoms with van der Waals surface area (Å²) < 4.78 is 4.71. The SMILES string of the molecule is COC(=O)CC[C@H]1CNC(=O)[C@@H]2[C@@H](CCN2C(C)C)N1C. The van der Waals surface area contributed by atoms with E-state index in [4.69, 9.17) is 4.74 Å². The van der Waals surface area contributed by atoms with Gasteiger partial charge in [0.25, 0.3) is 0 Å². The highest BCUT2D eigenvalue weighted by molar-refractivity contribution is 5.83. The first-order valence-electron chi connectivity index (χ1n) is 7.78. The first-order chi connectivity index (χ1) is 9.95. The number of carbonyl (C=O) groups excluding carboxylic acids is 2. The maximum Gasteiger partial charge on any atom is 0.305 e. The monoisotopic (exact) mass is 297 g/mol. The molecule has 2 heterocycles. The third kappa shape index (κ3) is 3.37. The van der Waals surface area contributed by atoms with Crippen molar-refractivity contribution in [1.82, 2.24) is 15.1 Å². The van der Waals surface area contributed by atoms with Gasteiger partial charge in [0.15, 0.2) is 0 Å². The second kappa shape index (κ2) is 6.75. The van der Waals surface area contributed by atoms with Crippen LogP contribution in [0.3, 0.4) is 0 Å². The highest BCUT2D eigenvalue weighted by Gasteiger charge is 2.45. The van der Waals surface area contributed by atoms with Crippen molar-refractivity contribution < 1.29 is 14.3 Å². The molecule has 2 saturated heterocycles. The maximum atomic E-state index is 12.4. The molecular weight excluding hydrogens is 270 g/mol. The van der Waals surface area contributed by atoms with Gasteiger partial charge in [-0.3, -0.25) is 19.4 Å². The number of likely N-dealkylation sites (tertiary alicyclic amines) is 1. The van der Waals surface area contributed by atoms with E-state index in [1.807, 2.05) is 0 Å². The average Bonchev–Trinajstić information content (AvgIpc) is 2.86. The number of rotatable bonds is 4. The number of nitrogens with zero attached hydrogens (tertiary/aromatic N) is 2. The fourth-order valence-corrected chi connectivity index (χ4v) is 3.56. The minimum absolute atomic E-state index is 0.0712. The molecule has 0 bridgehead atoms. The summed E-state index contributed by atoms with van der Waals surface area (Å²) in [5, 5.41) is 3.05. The minimum Gasteiger partial charge on any atom is -0.469 e. The lowest BCUT2D eigenvalue weighted by atomic mass is 10.0. The van der Waals surface area contributed by atoms with Gasteiger partial charge < -0.3 is 10.1 Å². The zero-order chi connectivity index (χ0) is 15.6. The molecule has 0 unspecified atom stereocenters. The summed E-state index contributed by atoms with van der Waals surface area (Å²) in [4.78, 5) is 28.3. The number of esters is 1. The van der Waals surface area contributed by atoms with Crippen LogP contribution in [0.1, 0.15) is 33.1 Å². The number of carbonyl (C=O) groups is 2. The zero-order valence-corrected chi connectivity index (χ0v) is 13.5. The van der Waals surface area contributed by atoms with Crippen molar-refractivity contribution in [2.45, 2.75) is 57.3 Å². The molecule has 2 rings (SSSR count). The van der Waals surface area contributed by atoms with Crippen LogP contribution in [0.2, 0.25) is 0 Å². The molecule has 0 aliphatic carbocycles. The topological polar surface area (TPSA) is 61.9 Å². The van der Waals surface area contributed by atoms with Gasteiger partial charge in [-0.05, 0) is 33.7 Å². The van der Waals surface area contributed by atoms with Crippen LogP contribution in [0.5, 0.6) is 0 Å². The van der Waals surface area contributed by atoms with E-state index < -0.39 is 0 Å². The molecule has 120 valence electrons. The molecule has 3 atom stereocenters. The van der Waals surface area contributed by atoms with Gasteiger partial charge in [0.05, 0.1) is 7.11 Å². The van der Waals surface area contributed by atoms with Crippen LogP contribution in [-0.2, 0) is 14.3 Å². The predicted molar refractivity (Wildman–Crippen MR) is 79.8 cm³/mol. The Hall–Kier alpha value is -1.14. The number of nitrogens with one attached hydrogen (secondary N) is 1. The smallest absolute Gasteiger partial charge is 0.305 e. The standard InChI is InChI=1S/C15H27N3O3/c1-10(2)18-8-7-12-14(18)15(20)16-9-11(17(12)3)5-6-13(19)21-4/h10-12,14H,5-9H2,1-4H3,(H,16,20)/t11-,12+,14-/m0/s1. The van der Waals surface area contributed by atoms with E-state index >= 15 is 0 Å². The lowest BCUT2D eigenvalue weighted by Gasteiger charge is -2.34. The number of ether oxygens (including phenoxy) is 1. The Balaban J connectivity index is 2.07. The summed E-state index contributed by atoms with van der Waals surface area (Å²) in [6, 6.07) is 0.719. The van der Waals surface area contributed by atoms with E-state index in [9.17, 15) is 9.59 Å². The van der Waals surface area contributed by atoms with Gasteiger partial charge in [0.1, 0.15) is 6.04 Å². The molecule has 1 amide bonds. The molecule has 0 aromatic rings. The summed E-state index contributed by atoms with van der Waals surface area (Å²) in [6.45, 7) is 5.82. The molecule has 6 nitrogen and oxygen atoms in total. The largest absolute Gasteiger partial charge is 0.469 e. The van der Waals surface area contributed by atoms with Crippen LogP contribution < -0.4 is 5.32 Å². The molecule has 0 radical (unpaired) electrons. The third-order valence-electron chi connectivity index (χ3n) is 4.86. The number of hydrogen-bond donors (Lipinski definition) is 1. The molecule has 2 aliphatic heterocycles. The molecule has 2 fully saturated rings. The van der Waals surface area contributed by atoms with Crippen molar-refractivity contribution in [3.05, 3.63) is 0 Å². The van der Waals surface area contributed by atoms with E-state index in [0.29, 0.717) is 25.4 Å². The van der Waals surface area contributed by atoms with E-state index in [2.05, 4.69) is 36.0 Å². The van der Waals surface area contributed by atoms with E-state index in [1.165, 1.54) is 7.11 Å². The summed E-state index contributed by atoms with van der Waals surface area (Å²) in [7, 11) is 3.48.